The molecular weight excluding hydrogens is 390 g/mol. The molecule has 7 nitrogen and oxygen atoms in total. The van der Waals surface area contributed by atoms with Crippen molar-refractivity contribution in [3.05, 3.63) is 65.2 Å². The van der Waals surface area contributed by atoms with E-state index in [1.807, 2.05) is 18.2 Å². The van der Waals surface area contributed by atoms with Gasteiger partial charge in [0.25, 0.3) is 0 Å². The van der Waals surface area contributed by atoms with Crippen molar-refractivity contribution in [3.63, 3.8) is 0 Å². The van der Waals surface area contributed by atoms with Crippen molar-refractivity contribution in [2.24, 2.45) is 0 Å². The van der Waals surface area contributed by atoms with Crippen LogP contribution < -0.4 is 15.4 Å². The number of carbonyl (C=O) groups is 2. The maximum absolute atomic E-state index is 12.7. The summed E-state index contributed by atoms with van der Waals surface area (Å²) >= 11 is 0. The Morgan fingerprint density at radius 2 is 1.76 bits per heavy atom. The van der Waals surface area contributed by atoms with Crippen molar-refractivity contribution in [3.8, 4) is 0 Å². The number of amides is 2. The number of anilines is 1. The number of fused-ring (bicyclic) bond motifs is 1. The SMILES string of the molecule is CC(C)NS(=O)(=O)Cc1ccc(CNC(=O)[C@@H]2CC(=O)Nc3ccccc32)cc1. The van der Waals surface area contributed by atoms with Crippen LogP contribution in [0.3, 0.4) is 0 Å². The minimum absolute atomic E-state index is 0.0915. The van der Waals surface area contributed by atoms with E-state index in [0.717, 1.165) is 11.1 Å². The van der Waals surface area contributed by atoms with Gasteiger partial charge >= 0.3 is 0 Å². The Kier molecular flexibility index (Phi) is 6.34. The van der Waals surface area contributed by atoms with Gasteiger partial charge in [0.2, 0.25) is 21.8 Å². The summed E-state index contributed by atoms with van der Waals surface area (Å²) in [5.41, 5.74) is 3.00. The Labute approximate surface area is 171 Å². The zero-order valence-corrected chi connectivity index (χ0v) is 17.3. The van der Waals surface area contributed by atoms with Crippen LogP contribution >= 0.6 is 0 Å². The van der Waals surface area contributed by atoms with Gasteiger partial charge in [-0.15, -0.1) is 0 Å². The Bertz CT molecular complexity index is 1000. The van der Waals surface area contributed by atoms with Gasteiger partial charge in [0.05, 0.1) is 11.7 Å². The van der Waals surface area contributed by atoms with Crippen molar-refractivity contribution < 1.29 is 18.0 Å². The Morgan fingerprint density at radius 3 is 2.45 bits per heavy atom. The van der Waals surface area contributed by atoms with Gasteiger partial charge in [-0.3, -0.25) is 9.59 Å². The van der Waals surface area contributed by atoms with E-state index in [9.17, 15) is 18.0 Å². The van der Waals surface area contributed by atoms with E-state index in [4.69, 9.17) is 0 Å². The number of rotatable bonds is 7. The standard InChI is InChI=1S/C21H25N3O4S/c1-14(2)24-29(27,28)13-16-9-7-15(8-10-16)12-22-21(26)18-11-20(25)23-19-6-4-3-5-17(18)19/h3-10,14,18,24H,11-13H2,1-2H3,(H,22,26)(H,23,25)/t18-/m1/s1. The lowest BCUT2D eigenvalue weighted by Gasteiger charge is -2.24. The molecule has 0 radical (unpaired) electrons. The molecule has 0 saturated heterocycles. The van der Waals surface area contributed by atoms with Crippen LogP contribution in [-0.4, -0.2) is 26.3 Å². The molecule has 1 heterocycles. The van der Waals surface area contributed by atoms with Crippen molar-refractivity contribution in [2.75, 3.05) is 5.32 Å². The van der Waals surface area contributed by atoms with Crippen LogP contribution in [-0.2, 0) is 31.9 Å². The van der Waals surface area contributed by atoms with E-state index >= 15 is 0 Å². The molecule has 3 N–H and O–H groups in total. The summed E-state index contributed by atoms with van der Waals surface area (Å²) < 4.78 is 26.6. The minimum Gasteiger partial charge on any atom is -0.351 e. The summed E-state index contributed by atoms with van der Waals surface area (Å²) in [6.45, 7) is 3.85. The van der Waals surface area contributed by atoms with E-state index in [0.29, 0.717) is 17.8 Å². The molecule has 2 aromatic carbocycles. The van der Waals surface area contributed by atoms with Crippen LogP contribution in [0.25, 0.3) is 0 Å². The van der Waals surface area contributed by atoms with E-state index in [1.165, 1.54) is 0 Å². The highest BCUT2D eigenvalue weighted by Crippen LogP contribution is 2.32. The summed E-state index contributed by atoms with van der Waals surface area (Å²) in [6.07, 6.45) is 0.114. The quantitative estimate of drug-likeness (QED) is 0.645. The third kappa shape index (κ3) is 5.65. The highest BCUT2D eigenvalue weighted by Gasteiger charge is 2.30. The van der Waals surface area contributed by atoms with Gasteiger partial charge in [0.1, 0.15) is 0 Å². The van der Waals surface area contributed by atoms with Gasteiger partial charge in [-0.2, -0.15) is 0 Å². The molecule has 0 bridgehead atoms. The van der Waals surface area contributed by atoms with Crippen molar-refractivity contribution in [1.29, 1.82) is 0 Å². The Balaban J connectivity index is 1.61. The fourth-order valence-corrected chi connectivity index (χ4v) is 4.76. The second-order valence-corrected chi connectivity index (χ2v) is 9.21. The molecule has 1 aliphatic heterocycles. The topological polar surface area (TPSA) is 104 Å². The highest BCUT2D eigenvalue weighted by atomic mass is 32.2. The van der Waals surface area contributed by atoms with Crippen molar-refractivity contribution >= 4 is 27.5 Å². The number of carbonyl (C=O) groups excluding carboxylic acids is 2. The zero-order valence-electron chi connectivity index (χ0n) is 16.4. The smallest absolute Gasteiger partial charge is 0.228 e. The van der Waals surface area contributed by atoms with Gasteiger partial charge < -0.3 is 10.6 Å². The second-order valence-electron chi connectivity index (χ2n) is 7.46. The average Bonchev–Trinajstić information content (AvgIpc) is 2.65. The molecule has 2 aromatic rings. The molecule has 0 fully saturated rings. The number of para-hydroxylation sites is 1. The molecule has 2 amide bonds. The number of hydrogen-bond acceptors (Lipinski definition) is 4. The number of sulfonamides is 1. The third-order valence-corrected chi connectivity index (χ3v) is 6.12. The molecule has 154 valence electrons. The summed E-state index contributed by atoms with van der Waals surface area (Å²) in [5, 5.41) is 5.66. The maximum atomic E-state index is 12.7. The fourth-order valence-electron chi connectivity index (χ4n) is 3.33. The fraction of sp³-hybridized carbons (Fsp3) is 0.333. The molecule has 0 saturated carbocycles. The molecule has 1 atom stereocenters. The monoisotopic (exact) mass is 415 g/mol. The second kappa shape index (κ2) is 8.75. The molecule has 3 rings (SSSR count). The van der Waals surface area contributed by atoms with Gasteiger partial charge in [-0.05, 0) is 36.6 Å². The van der Waals surface area contributed by atoms with Crippen LogP contribution in [0.5, 0.6) is 0 Å². The normalized spacial score (nSPS) is 16.2. The van der Waals surface area contributed by atoms with Gasteiger partial charge in [0, 0.05) is 24.7 Å². The molecule has 0 spiro atoms. The number of hydrogen-bond donors (Lipinski definition) is 3. The van der Waals surface area contributed by atoms with Crippen LogP contribution in [0.2, 0.25) is 0 Å². The van der Waals surface area contributed by atoms with Crippen LogP contribution in [0, 0.1) is 0 Å². The van der Waals surface area contributed by atoms with Crippen LogP contribution in [0.1, 0.15) is 42.9 Å². The number of benzene rings is 2. The summed E-state index contributed by atoms with van der Waals surface area (Å²) in [5.74, 6) is -0.998. The van der Waals surface area contributed by atoms with Gasteiger partial charge in [-0.25, -0.2) is 13.1 Å². The third-order valence-electron chi connectivity index (χ3n) is 4.58. The Morgan fingerprint density at radius 1 is 1.10 bits per heavy atom. The maximum Gasteiger partial charge on any atom is 0.228 e. The van der Waals surface area contributed by atoms with E-state index in [2.05, 4.69) is 15.4 Å². The minimum atomic E-state index is -3.38. The van der Waals surface area contributed by atoms with Gasteiger partial charge in [-0.1, -0.05) is 42.5 Å². The molecule has 8 heteroatoms. The summed E-state index contributed by atoms with van der Waals surface area (Å²) in [4.78, 5) is 24.5. The summed E-state index contributed by atoms with van der Waals surface area (Å²) in [7, 11) is -3.38. The molecule has 0 unspecified atom stereocenters. The molecule has 29 heavy (non-hydrogen) atoms. The molecule has 0 aromatic heterocycles. The first-order valence-corrected chi connectivity index (χ1v) is 11.1. The molecule has 0 aliphatic carbocycles. The number of nitrogens with one attached hydrogen (secondary N) is 3. The summed E-state index contributed by atoms with van der Waals surface area (Å²) in [6, 6.07) is 14.2. The lowest BCUT2D eigenvalue weighted by Crippen LogP contribution is -2.34. The highest BCUT2D eigenvalue weighted by molar-refractivity contribution is 7.88. The van der Waals surface area contributed by atoms with E-state index in [-0.39, 0.29) is 30.0 Å². The first-order valence-electron chi connectivity index (χ1n) is 9.48. The predicted molar refractivity (Wildman–Crippen MR) is 112 cm³/mol. The zero-order chi connectivity index (χ0) is 21.0. The average molecular weight is 416 g/mol. The lowest BCUT2D eigenvalue weighted by molar-refractivity contribution is -0.126. The molecular formula is C21H25N3O4S. The van der Waals surface area contributed by atoms with Gasteiger partial charge in [0.15, 0.2) is 0 Å². The largest absolute Gasteiger partial charge is 0.351 e. The first kappa shape index (κ1) is 21.0. The van der Waals surface area contributed by atoms with Crippen LogP contribution in [0.4, 0.5) is 5.69 Å². The first-order chi connectivity index (χ1) is 13.7. The van der Waals surface area contributed by atoms with Crippen LogP contribution in [0.15, 0.2) is 48.5 Å². The Hall–Kier alpha value is -2.71. The van der Waals surface area contributed by atoms with E-state index in [1.54, 1.807) is 44.2 Å². The molecule has 1 aliphatic rings. The predicted octanol–water partition coefficient (Wildman–Crippen LogP) is 2.26. The van der Waals surface area contributed by atoms with Crippen molar-refractivity contribution in [1.82, 2.24) is 10.0 Å². The van der Waals surface area contributed by atoms with Crippen molar-refractivity contribution in [2.45, 2.75) is 44.5 Å². The lowest BCUT2D eigenvalue weighted by atomic mass is 9.90. The van der Waals surface area contributed by atoms with E-state index < -0.39 is 15.9 Å².